The fraction of sp³-hybridized carbons (Fsp3) is 0.333. The number of nitrogens with one attached hydrogen (secondary N) is 1. The van der Waals surface area contributed by atoms with Crippen molar-refractivity contribution in [2.75, 3.05) is 5.73 Å². The predicted molar refractivity (Wildman–Crippen MR) is 79.1 cm³/mol. The maximum atomic E-state index is 12.1. The average Bonchev–Trinajstić information content (AvgIpc) is 2.67. The maximum Gasteiger partial charge on any atom is 0.242 e. The third kappa shape index (κ3) is 2.99. The predicted octanol–water partition coefficient (Wildman–Crippen LogP) is 1.96. The average molecular weight is 272 g/mol. The van der Waals surface area contributed by atoms with Crippen LogP contribution in [0.15, 0.2) is 30.3 Å². The molecule has 0 unspecified atom stereocenters. The topological polar surface area (TPSA) is 72.9 Å². The number of carbonyl (C=O) groups excluding carboxylic acids is 1. The van der Waals surface area contributed by atoms with E-state index in [0.717, 1.165) is 17.0 Å². The quantitative estimate of drug-likeness (QED) is 0.893. The van der Waals surface area contributed by atoms with Crippen molar-refractivity contribution in [3.05, 3.63) is 47.3 Å². The molecule has 0 saturated carbocycles. The van der Waals surface area contributed by atoms with E-state index in [4.69, 9.17) is 5.73 Å². The Morgan fingerprint density at radius 2 is 2.00 bits per heavy atom. The van der Waals surface area contributed by atoms with Crippen molar-refractivity contribution >= 4 is 11.6 Å². The number of benzene rings is 1. The first-order valence-corrected chi connectivity index (χ1v) is 6.63. The summed E-state index contributed by atoms with van der Waals surface area (Å²) in [6.45, 7) is 5.84. The number of rotatable bonds is 4. The maximum absolute atomic E-state index is 12.1. The van der Waals surface area contributed by atoms with E-state index in [-0.39, 0.29) is 18.5 Å². The fourth-order valence-corrected chi connectivity index (χ4v) is 2.11. The minimum Gasteiger partial charge on any atom is -0.396 e. The summed E-state index contributed by atoms with van der Waals surface area (Å²) in [5.74, 6) is -0.0769. The summed E-state index contributed by atoms with van der Waals surface area (Å²) in [7, 11) is 0. The Bertz CT molecular complexity index is 604. The number of aromatic nitrogens is 2. The molecule has 106 valence electrons. The molecule has 5 nitrogen and oxygen atoms in total. The van der Waals surface area contributed by atoms with Gasteiger partial charge in [0.25, 0.3) is 0 Å². The molecule has 1 atom stereocenters. The molecule has 0 aliphatic carbocycles. The normalized spacial score (nSPS) is 12.2. The molecule has 1 heterocycles. The molecule has 3 N–H and O–H groups in total. The number of amides is 1. The largest absolute Gasteiger partial charge is 0.396 e. The molecule has 0 aliphatic rings. The zero-order chi connectivity index (χ0) is 14.7. The van der Waals surface area contributed by atoms with Crippen molar-refractivity contribution in [2.24, 2.45) is 0 Å². The zero-order valence-corrected chi connectivity index (χ0v) is 12.1. The molecular weight excluding hydrogens is 252 g/mol. The Labute approximate surface area is 118 Å². The van der Waals surface area contributed by atoms with Crippen LogP contribution in [-0.2, 0) is 11.3 Å². The van der Waals surface area contributed by atoms with Crippen LogP contribution in [0, 0.1) is 13.8 Å². The van der Waals surface area contributed by atoms with Gasteiger partial charge in [0, 0.05) is 0 Å². The molecule has 0 radical (unpaired) electrons. The Kier molecular flexibility index (Phi) is 4.08. The molecule has 0 saturated heterocycles. The molecule has 20 heavy (non-hydrogen) atoms. The van der Waals surface area contributed by atoms with E-state index in [1.807, 2.05) is 51.1 Å². The first-order valence-electron chi connectivity index (χ1n) is 6.63. The third-order valence-electron chi connectivity index (χ3n) is 3.41. The minimum atomic E-state index is -0.0769. The van der Waals surface area contributed by atoms with E-state index < -0.39 is 0 Å². The molecule has 2 rings (SSSR count). The van der Waals surface area contributed by atoms with Crippen LogP contribution in [0.4, 0.5) is 5.69 Å². The van der Waals surface area contributed by atoms with E-state index in [9.17, 15) is 4.79 Å². The zero-order valence-electron chi connectivity index (χ0n) is 12.1. The van der Waals surface area contributed by atoms with Crippen LogP contribution in [-0.4, -0.2) is 15.7 Å². The highest BCUT2D eigenvalue weighted by atomic mass is 16.2. The molecule has 0 spiro atoms. The molecule has 0 bridgehead atoms. The number of anilines is 1. The Morgan fingerprint density at radius 1 is 1.35 bits per heavy atom. The van der Waals surface area contributed by atoms with E-state index in [1.54, 1.807) is 4.68 Å². The Morgan fingerprint density at radius 3 is 2.55 bits per heavy atom. The third-order valence-corrected chi connectivity index (χ3v) is 3.41. The number of nitrogen functional groups attached to an aromatic ring is 1. The number of carbonyl (C=O) groups is 1. The summed E-state index contributed by atoms with van der Waals surface area (Å²) >= 11 is 0. The highest BCUT2D eigenvalue weighted by Gasteiger charge is 2.13. The van der Waals surface area contributed by atoms with Gasteiger partial charge in [-0.1, -0.05) is 30.3 Å². The lowest BCUT2D eigenvalue weighted by Crippen LogP contribution is -2.30. The first-order chi connectivity index (χ1) is 9.49. The van der Waals surface area contributed by atoms with Crippen LogP contribution in [0.5, 0.6) is 0 Å². The smallest absolute Gasteiger partial charge is 0.242 e. The van der Waals surface area contributed by atoms with Crippen molar-refractivity contribution in [1.29, 1.82) is 0 Å². The van der Waals surface area contributed by atoms with Crippen LogP contribution in [0.2, 0.25) is 0 Å². The first kappa shape index (κ1) is 14.1. The van der Waals surface area contributed by atoms with Gasteiger partial charge in [0.05, 0.1) is 23.1 Å². The van der Waals surface area contributed by atoms with Gasteiger partial charge in [-0.05, 0) is 26.3 Å². The van der Waals surface area contributed by atoms with Gasteiger partial charge in [-0.3, -0.25) is 9.48 Å². The number of nitrogens with two attached hydrogens (primary N) is 1. The van der Waals surface area contributed by atoms with Gasteiger partial charge < -0.3 is 11.1 Å². The van der Waals surface area contributed by atoms with E-state index in [2.05, 4.69) is 10.4 Å². The van der Waals surface area contributed by atoms with Gasteiger partial charge in [0.1, 0.15) is 6.54 Å². The van der Waals surface area contributed by atoms with Gasteiger partial charge >= 0.3 is 0 Å². The van der Waals surface area contributed by atoms with Crippen molar-refractivity contribution in [3.8, 4) is 0 Å². The lowest BCUT2D eigenvalue weighted by molar-refractivity contribution is -0.122. The second-order valence-electron chi connectivity index (χ2n) is 4.94. The fourth-order valence-electron chi connectivity index (χ4n) is 2.11. The molecule has 1 aromatic heterocycles. The van der Waals surface area contributed by atoms with Gasteiger partial charge in [-0.15, -0.1) is 0 Å². The molecule has 1 aromatic carbocycles. The highest BCUT2D eigenvalue weighted by Crippen LogP contribution is 2.15. The molecule has 5 heteroatoms. The number of aryl methyl sites for hydroxylation is 1. The second-order valence-corrected chi connectivity index (χ2v) is 4.94. The summed E-state index contributed by atoms with van der Waals surface area (Å²) in [6.07, 6.45) is 0. The van der Waals surface area contributed by atoms with E-state index in [0.29, 0.717) is 5.69 Å². The summed E-state index contributed by atoms with van der Waals surface area (Å²) < 4.78 is 1.64. The van der Waals surface area contributed by atoms with Crippen LogP contribution in [0.25, 0.3) is 0 Å². The van der Waals surface area contributed by atoms with Crippen molar-refractivity contribution in [3.63, 3.8) is 0 Å². The lowest BCUT2D eigenvalue weighted by Gasteiger charge is -2.14. The second kappa shape index (κ2) is 5.77. The number of nitrogens with zero attached hydrogens (tertiary/aromatic N) is 2. The Hall–Kier alpha value is -2.30. The summed E-state index contributed by atoms with van der Waals surface area (Å²) in [4.78, 5) is 12.1. The molecule has 0 aliphatic heterocycles. The van der Waals surface area contributed by atoms with Gasteiger partial charge in [-0.2, -0.15) is 5.10 Å². The van der Waals surface area contributed by atoms with Crippen molar-refractivity contribution in [2.45, 2.75) is 33.4 Å². The van der Waals surface area contributed by atoms with E-state index in [1.165, 1.54) is 0 Å². The Balaban J connectivity index is 2.01. The number of hydrogen-bond acceptors (Lipinski definition) is 3. The minimum absolute atomic E-state index is 0.0296. The molecule has 0 fully saturated rings. The van der Waals surface area contributed by atoms with Crippen molar-refractivity contribution in [1.82, 2.24) is 15.1 Å². The molecule has 2 aromatic rings. The standard InChI is InChI=1S/C15H20N4O/c1-10(13-7-5-4-6-8-13)17-14(20)9-19-12(3)15(16)11(2)18-19/h4-8,10H,9,16H2,1-3H3,(H,17,20)/t10-/m1/s1. The highest BCUT2D eigenvalue weighted by molar-refractivity contribution is 5.76. The van der Waals surface area contributed by atoms with Gasteiger partial charge in [0.2, 0.25) is 5.91 Å². The van der Waals surface area contributed by atoms with Crippen LogP contribution in [0.1, 0.15) is 29.9 Å². The molecule has 1 amide bonds. The van der Waals surface area contributed by atoms with Gasteiger partial charge in [0.15, 0.2) is 0 Å². The lowest BCUT2D eigenvalue weighted by atomic mass is 10.1. The summed E-state index contributed by atoms with van der Waals surface area (Å²) in [5.41, 5.74) is 9.16. The summed E-state index contributed by atoms with van der Waals surface area (Å²) in [5, 5.41) is 7.22. The monoisotopic (exact) mass is 272 g/mol. The number of hydrogen-bond donors (Lipinski definition) is 2. The SMILES string of the molecule is Cc1nn(CC(=O)N[C@H](C)c2ccccc2)c(C)c1N. The van der Waals surface area contributed by atoms with E-state index >= 15 is 0 Å². The van der Waals surface area contributed by atoms with Crippen LogP contribution in [0.3, 0.4) is 0 Å². The van der Waals surface area contributed by atoms with Crippen LogP contribution < -0.4 is 11.1 Å². The van der Waals surface area contributed by atoms with Gasteiger partial charge in [-0.25, -0.2) is 0 Å². The molecular formula is C15H20N4O. The summed E-state index contributed by atoms with van der Waals surface area (Å²) in [6, 6.07) is 9.83. The van der Waals surface area contributed by atoms with Crippen LogP contribution >= 0.6 is 0 Å². The van der Waals surface area contributed by atoms with Crippen molar-refractivity contribution < 1.29 is 4.79 Å².